The Labute approximate surface area is 165 Å². The normalized spacial score (nSPS) is 21.5. The van der Waals surface area contributed by atoms with Crippen molar-refractivity contribution in [3.8, 4) is 11.5 Å². The first-order valence-electron chi connectivity index (χ1n) is 8.73. The largest absolute Gasteiger partial charge is 0.368 e. The summed E-state index contributed by atoms with van der Waals surface area (Å²) in [5.41, 5.74) is 5.71. The molecule has 2 aromatic heterocycles. The number of nitrogens with two attached hydrogens (primary N) is 1. The van der Waals surface area contributed by atoms with Gasteiger partial charge < -0.3 is 10.6 Å². The molecular weight excluding hydrogens is 422 g/mol. The Morgan fingerprint density at radius 3 is 2.00 bits per heavy atom. The highest BCUT2D eigenvalue weighted by molar-refractivity contribution is 7.10. The molecule has 2 heterocycles. The average Bonchev–Trinajstić information content (AvgIpc) is 3.01. The molecule has 2 aliphatic rings. The van der Waals surface area contributed by atoms with Crippen molar-refractivity contribution in [3.05, 3.63) is 10.4 Å². The molecule has 158 valence electrons. The molecule has 0 bridgehead atoms. The van der Waals surface area contributed by atoms with Gasteiger partial charge in [0, 0.05) is 50.1 Å². The molecule has 2 N–H and O–H groups in total. The van der Waals surface area contributed by atoms with Crippen LogP contribution in [0.15, 0.2) is 5.38 Å². The summed E-state index contributed by atoms with van der Waals surface area (Å²) in [4.78, 5) is 17.1. The third-order valence-electron chi connectivity index (χ3n) is 4.90. The molecule has 29 heavy (non-hydrogen) atoms. The fourth-order valence-electron chi connectivity index (χ4n) is 3.47. The fourth-order valence-corrected chi connectivity index (χ4v) is 4.21. The van der Waals surface area contributed by atoms with Crippen LogP contribution in [0.25, 0.3) is 11.5 Å². The molecule has 13 heteroatoms. The fraction of sp³-hybridized carbons (Fsp3) is 0.625. The van der Waals surface area contributed by atoms with Crippen LogP contribution < -0.4 is 10.6 Å². The van der Waals surface area contributed by atoms with Gasteiger partial charge in [0.1, 0.15) is 5.69 Å². The number of nitrogens with zero attached hydrogens (tertiary/aromatic N) is 5. The highest BCUT2D eigenvalue weighted by atomic mass is 32.1. The van der Waals surface area contributed by atoms with Gasteiger partial charge in [0.25, 0.3) is 17.8 Å². The van der Waals surface area contributed by atoms with Crippen LogP contribution in [0.1, 0.15) is 37.6 Å². The summed E-state index contributed by atoms with van der Waals surface area (Å²) in [6.45, 7) is 0.693. The molecule has 2 aliphatic carbocycles. The molecule has 0 atom stereocenters. The molecule has 4 rings (SSSR count). The molecule has 0 amide bonds. The van der Waals surface area contributed by atoms with E-state index in [2.05, 4.69) is 19.9 Å². The van der Waals surface area contributed by atoms with E-state index in [-0.39, 0.29) is 23.4 Å². The molecule has 2 saturated carbocycles. The summed E-state index contributed by atoms with van der Waals surface area (Å²) < 4.78 is 80.5. The number of alkyl halides is 6. The minimum Gasteiger partial charge on any atom is -0.368 e. The summed E-state index contributed by atoms with van der Waals surface area (Å²) in [5.74, 6) is -9.47. The molecular formula is C16H16F6N6S. The summed E-state index contributed by atoms with van der Waals surface area (Å²) in [7, 11) is 0. The molecule has 0 spiro atoms. The molecule has 0 unspecified atom stereocenters. The van der Waals surface area contributed by atoms with Crippen LogP contribution in [0.2, 0.25) is 0 Å². The highest BCUT2D eigenvalue weighted by Gasteiger charge is 2.55. The first kappa shape index (κ1) is 20.1. The second-order valence-electron chi connectivity index (χ2n) is 7.49. The number of anilines is 2. The van der Waals surface area contributed by atoms with E-state index in [0.717, 1.165) is 0 Å². The van der Waals surface area contributed by atoms with E-state index in [0.29, 0.717) is 18.3 Å². The van der Waals surface area contributed by atoms with Crippen LogP contribution >= 0.6 is 11.3 Å². The van der Waals surface area contributed by atoms with Crippen molar-refractivity contribution in [1.29, 1.82) is 0 Å². The number of aromatic nitrogens is 4. The van der Waals surface area contributed by atoms with Crippen molar-refractivity contribution in [2.45, 2.75) is 62.5 Å². The zero-order valence-corrected chi connectivity index (χ0v) is 15.9. The predicted octanol–water partition coefficient (Wildman–Crippen LogP) is 4.09. The second-order valence-corrected chi connectivity index (χ2v) is 8.34. The summed E-state index contributed by atoms with van der Waals surface area (Å²) in [6.07, 6.45) is -2.06. The molecule has 0 aromatic carbocycles. The standard InChI is InChI=1S/C16H16F6N6S/c1-14(17,18)11-24-9(6-29-11)10-25-12(23)27-13(26-10)28(7-2-15(19,20)3-7)8-4-16(21,22)5-8/h6-8H,2-5H2,1H3,(H2,23,25,26,27). The lowest BCUT2D eigenvalue weighted by atomic mass is 9.80. The monoisotopic (exact) mass is 438 g/mol. The predicted molar refractivity (Wildman–Crippen MR) is 93.3 cm³/mol. The average molecular weight is 438 g/mol. The van der Waals surface area contributed by atoms with Crippen LogP contribution in [0, 0.1) is 0 Å². The maximum Gasteiger partial charge on any atom is 0.296 e. The van der Waals surface area contributed by atoms with Gasteiger partial charge in [0.2, 0.25) is 11.9 Å². The Balaban J connectivity index is 1.67. The van der Waals surface area contributed by atoms with Crippen molar-refractivity contribution in [2.75, 3.05) is 10.6 Å². The third-order valence-corrected chi connectivity index (χ3v) is 5.92. The maximum atomic E-state index is 13.5. The Morgan fingerprint density at radius 2 is 1.55 bits per heavy atom. The van der Waals surface area contributed by atoms with Gasteiger partial charge in [-0.25, -0.2) is 22.5 Å². The van der Waals surface area contributed by atoms with E-state index < -0.39 is 60.5 Å². The minimum atomic E-state index is -3.16. The molecule has 0 aliphatic heterocycles. The number of halogens is 6. The zero-order valence-electron chi connectivity index (χ0n) is 15.0. The number of rotatable bonds is 5. The van der Waals surface area contributed by atoms with E-state index in [4.69, 9.17) is 5.73 Å². The molecule has 0 radical (unpaired) electrons. The molecule has 2 aromatic rings. The van der Waals surface area contributed by atoms with Gasteiger partial charge in [-0.15, -0.1) is 11.3 Å². The van der Waals surface area contributed by atoms with Crippen molar-refractivity contribution in [3.63, 3.8) is 0 Å². The van der Waals surface area contributed by atoms with Crippen LogP contribution in [0.4, 0.5) is 38.2 Å². The van der Waals surface area contributed by atoms with Gasteiger partial charge in [-0.1, -0.05) is 0 Å². The Bertz CT molecular complexity index is 889. The van der Waals surface area contributed by atoms with Crippen LogP contribution in [0.3, 0.4) is 0 Å². The van der Waals surface area contributed by atoms with Gasteiger partial charge in [0.05, 0.1) is 0 Å². The van der Waals surface area contributed by atoms with E-state index in [1.54, 1.807) is 0 Å². The van der Waals surface area contributed by atoms with Crippen molar-refractivity contribution in [1.82, 2.24) is 19.9 Å². The van der Waals surface area contributed by atoms with Gasteiger partial charge in [-0.05, 0) is 0 Å². The van der Waals surface area contributed by atoms with Crippen LogP contribution in [-0.2, 0) is 5.92 Å². The van der Waals surface area contributed by atoms with Crippen LogP contribution in [-0.4, -0.2) is 43.9 Å². The highest BCUT2D eigenvalue weighted by Crippen LogP contribution is 2.48. The van der Waals surface area contributed by atoms with E-state index in [9.17, 15) is 26.3 Å². The first-order chi connectivity index (χ1) is 13.3. The van der Waals surface area contributed by atoms with E-state index >= 15 is 0 Å². The summed E-state index contributed by atoms with van der Waals surface area (Å²) >= 11 is 0.701. The number of thiazole rings is 1. The lowest BCUT2D eigenvalue weighted by Gasteiger charge is -2.50. The van der Waals surface area contributed by atoms with Gasteiger partial charge in [-0.3, -0.25) is 0 Å². The maximum absolute atomic E-state index is 13.5. The molecule has 0 saturated heterocycles. The smallest absolute Gasteiger partial charge is 0.296 e. The lowest BCUT2D eigenvalue weighted by molar-refractivity contribution is -0.111. The second kappa shape index (κ2) is 6.41. The Morgan fingerprint density at radius 1 is 1.00 bits per heavy atom. The van der Waals surface area contributed by atoms with Crippen molar-refractivity contribution < 1.29 is 26.3 Å². The first-order valence-corrected chi connectivity index (χ1v) is 9.61. The SMILES string of the molecule is CC(F)(F)c1nc(-c2nc(N)nc(N(C3CC(F)(F)C3)C3CC(F)(F)C3)n2)cs1. The quantitative estimate of drug-likeness (QED) is 0.709. The Kier molecular flexibility index (Phi) is 4.44. The van der Waals surface area contributed by atoms with Crippen molar-refractivity contribution >= 4 is 23.2 Å². The summed E-state index contributed by atoms with van der Waals surface area (Å²) in [6, 6.07) is -1.46. The third kappa shape index (κ3) is 3.96. The van der Waals surface area contributed by atoms with E-state index in [1.165, 1.54) is 10.3 Å². The lowest BCUT2D eigenvalue weighted by Crippen LogP contribution is -2.60. The van der Waals surface area contributed by atoms with Gasteiger partial charge in [0.15, 0.2) is 10.8 Å². The Hall–Kier alpha value is -2.18. The van der Waals surface area contributed by atoms with E-state index in [1.807, 2.05) is 0 Å². The molecule has 2 fully saturated rings. The minimum absolute atomic E-state index is 0.0136. The number of nitrogen functional groups attached to an aromatic ring is 1. The van der Waals surface area contributed by atoms with Crippen molar-refractivity contribution in [2.24, 2.45) is 0 Å². The van der Waals surface area contributed by atoms with Gasteiger partial charge in [-0.2, -0.15) is 23.7 Å². The van der Waals surface area contributed by atoms with Gasteiger partial charge >= 0.3 is 0 Å². The summed E-state index contributed by atoms with van der Waals surface area (Å²) in [5, 5.41) is 0.854. The zero-order chi connectivity index (χ0) is 21.2. The number of hydrogen-bond donors (Lipinski definition) is 1. The van der Waals surface area contributed by atoms with Crippen LogP contribution in [0.5, 0.6) is 0 Å². The number of hydrogen-bond acceptors (Lipinski definition) is 7. The molecule has 6 nitrogen and oxygen atoms in total. The topological polar surface area (TPSA) is 80.8 Å².